The molecule has 192 valence electrons. The van der Waals surface area contributed by atoms with Crippen LogP contribution in [0.2, 0.25) is 0 Å². The molecule has 36 heavy (non-hydrogen) atoms. The van der Waals surface area contributed by atoms with Crippen molar-refractivity contribution in [1.82, 2.24) is 9.97 Å². The number of amides is 1. The number of rotatable bonds is 9. The molecule has 0 unspecified atom stereocenters. The molecule has 1 fully saturated rings. The number of carbonyl (C=O) groups excluding carboxylic acids is 1. The van der Waals surface area contributed by atoms with Crippen LogP contribution in [-0.2, 0) is 11.0 Å². The highest BCUT2D eigenvalue weighted by atomic mass is 32.1. The largest absolute Gasteiger partial charge is 0.493 e. The van der Waals surface area contributed by atoms with Gasteiger partial charge in [0.15, 0.2) is 5.13 Å². The van der Waals surface area contributed by atoms with Crippen molar-refractivity contribution in [1.29, 1.82) is 0 Å². The van der Waals surface area contributed by atoms with Crippen LogP contribution in [-0.4, -0.2) is 22.5 Å². The first-order valence-electron chi connectivity index (χ1n) is 12.4. The molecule has 9 heteroatoms. The van der Waals surface area contributed by atoms with E-state index in [0.29, 0.717) is 17.2 Å². The second kappa shape index (κ2) is 11.9. The summed E-state index contributed by atoms with van der Waals surface area (Å²) < 4.78 is 47.6. The number of nitrogens with zero attached hydrogens (tertiary/aromatic N) is 3. The van der Waals surface area contributed by atoms with Crippen molar-refractivity contribution in [3.8, 4) is 17.0 Å². The molecular formula is C27H30F3N3O2S. The van der Waals surface area contributed by atoms with Gasteiger partial charge < -0.3 is 4.74 Å². The number of anilines is 2. The molecule has 0 atom stereocenters. The first kappa shape index (κ1) is 26.1. The van der Waals surface area contributed by atoms with Crippen LogP contribution in [0, 0.1) is 5.92 Å². The van der Waals surface area contributed by atoms with Crippen molar-refractivity contribution in [2.75, 3.05) is 11.5 Å². The number of alkyl halides is 3. The third kappa shape index (κ3) is 6.24. The molecule has 2 heterocycles. The average Bonchev–Trinajstić information content (AvgIpc) is 3.37. The summed E-state index contributed by atoms with van der Waals surface area (Å²) in [5.74, 6) is -0.682. The van der Waals surface area contributed by atoms with Crippen LogP contribution >= 0.6 is 11.3 Å². The molecule has 0 radical (unpaired) electrons. The third-order valence-electron chi connectivity index (χ3n) is 6.35. The van der Waals surface area contributed by atoms with Crippen LogP contribution in [0.5, 0.6) is 5.75 Å². The maximum Gasteiger partial charge on any atom is 0.420 e. The molecule has 4 rings (SSSR count). The molecule has 1 saturated carbocycles. The maximum absolute atomic E-state index is 14.0. The normalized spacial score (nSPS) is 14.6. The first-order valence-corrected chi connectivity index (χ1v) is 13.3. The van der Waals surface area contributed by atoms with E-state index in [1.165, 1.54) is 28.4 Å². The second-order valence-electron chi connectivity index (χ2n) is 9.00. The van der Waals surface area contributed by atoms with E-state index in [1.807, 2.05) is 13.0 Å². The lowest BCUT2D eigenvalue weighted by Gasteiger charge is -2.28. The van der Waals surface area contributed by atoms with Crippen molar-refractivity contribution in [3.63, 3.8) is 0 Å². The number of benzene rings is 1. The number of unbranched alkanes of at least 4 members (excludes halogenated alkanes) is 2. The molecule has 1 aliphatic carbocycles. The van der Waals surface area contributed by atoms with Crippen molar-refractivity contribution < 1.29 is 22.7 Å². The van der Waals surface area contributed by atoms with Crippen LogP contribution in [0.3, 0.4) is 0 Å². The molecule has 3 aromatic rings. The molecule has 1 amide bonds. The van der Waals surface area contributed by atoms with Crippen LogP contribution in [0.15, 0.2) is 48.1 Å². The molecule has 1 aromatic carbocycles. The number of hydrogen-bond acceptors (Lipinski definition) is 5. The first-order chi connectivity index (χ1) is 17.4. The SMILES string of the molecule is CCCCCOc1ccc(N(C(=O)C2CCCCC2)c2nc(-c3cccnc3)cs2)cc1C(F)(F)F. The van der Waals surface area contributed by atoms with E-state index in [2.05, 4.69) is 9.97 Å². The Balaban J connectivity index is 1.72. The molecule has 0 saturated heterocycles. The number of carbonyl (C=O) groups is 1. The lowest BCUT2D eigenvalue weighted by molar-refractivity contribution is -0.139. The Kier molecular flexibility index (Phi) is 8.61. The Morgan fingerprint density at radius 3 is 2.67 bits per heavy atom. The smallest absolute Gasteiger partial charge is 0.420 e. The summed E-state index contributed by atoms with van der Waals surface area (Å²) in [6, 6.07) is 7.50. The van der Waals surface area contributed by atoms with Gasteiger partial charge >= 0.3 is 6.18 Å². The zero-order chi connectivity index (χ0) is 25.5. The molecule has 2 aromatic heterocycles. The summed E-state index contributed by atoms with van der Waals surface area (Å²) in [6.07, 6.45) is 5.57. The number of hydrogen-bond donors (Lipinski definition) is 0. The van der Waals surface area contributed by atoms with Gasteiger partial charge in [0.2, 0.25) is 5.91 Å². The quantitative estimate of drug-likeness (QED) is 0.270. The number of thiazole rings is 1. The monoisotopic (exact) mass is 517 g/mol. The van der Waals surface area contributed by atoms with Gasteiger partial charge in [-0.05, 0) is 49.6 Å². The van der Waals surface area contributed by atoms with Crippen LogP contribution < -0.4 is 9.64 Å². The predicted octanol–water partition coefficient (Wildman–Crippen LogP) is 8.04. The summed E-state index contributed by atoms with van der Waals surface area (Å²) >= 11 is 1.23. The van der Waals surface area contributed by atoms with Gasteiger partial charge in [-0.15, -0.1) is 11.3 Å². The molecular weight excluding hydrogens is 487 g/mol. The zero-order valence-corrected chi connectivity index (χ0v) is 21.1. The van der Waals surface area contributed by atoms with Crippen LogP contribution in [0.25, 0.3) is 11.3 Å². The molecule has 0 bridgehead atoms. The standard InChI is InChI=1S/C27H30F3N3O2S/c1-2-3-7-15-35-24-13-12-21(16-22(24)27(28,29)30)33(25(34)19-9-5-4-6-10-19)26-32-23(18-36-26)20-11-8-14-31-17-20/h8,11-14,16-19H,2-7,9-10,15H2,1H3. The summed E-state index contributed by atoms with van der Waals surface area (Å²) in [6.45, 7) is 2.23. The minimum Gasteiger partial charge on any atom is -0.493 e. The van der Waals surface area contributed by atoms with E-state index < -0.39 is 11.7 Å². The summed E-state index contributed by atoms with van der Waals surface area (Å²) in [7, 11) is 0. The number of halogens is 3. The molecule has 0 aliphatic heterocycles. The minimum atomic E-state index is -4.63. The lowest BCUT2D eigenvalue weighted by Crippen LogP contribution is -2.33. The van der Waals surface area contributed by atoms with Gasteiger partial charge in [0, 0.05) is 29.3 Å². The van der Waals surface area contributed by atoms with E-state index in [4.69, 9.17) is 4.74 Å². The zero-order valence-electron chi connectivity index (χ0n) is 20.3. The predicted molar refractivity (Wildman–Crippen MR) is 136 cm³/mol. The van der Waals surface area contributed by atoms with Crippen molar-refractivity contribution >= 4 is 28.1 Å². The van der Waals surface area contributed by atoms with E-state index in [0.717, 1.165) is 56.6 Å². The van der Waals surface area contributed by atoms with E-state index >= 15 is 0 Å². The highest BCUT2D eigenvalue weighted by Crippen LogP contribution is 2.42. The van der Waals surface area contributed by atoms with Gasteiger partial charge in [-0.2, -0.15) is 13.2 Å². The van der Waals surface area contributed by atoms with E-state index in [9.17, 15) is 18.0 Å². The van der Waals surface area contributed by atoms with Crippen molar-refractivity contribution in [3.05, 3.63) is 53.7 Å². The highest BCUT2D eigenvalue weighted by molar-refractivity contribution is 7.14. The highest BCUT2D eigenvalue weighted by Gasteiger charge is 2.37. The lowest BCUT2D eigenvalue weighted by atomic mass is 9.88. The fraction of sp³-hybridized carbons (Fsp3) is 0.444. The van der Waals surface area contributed by atoms with Gasteiger partial charge in [-0.25, -0.2) is 4.98 Å². The topological polar surface area (TPSA) is 55.3 Å². The van der Waals surface area contributed by atoms with Gasteiger partial charge in [0.1, 0.15) is 5.75 Å². The number of aromatic nitrogens is 2. The summed E-state index contributed by atoms with van der Waals surface area (Å²) in [5.41, 5.74) is 0.654. The van der Waals surface area contributed by atoms with E-state index in [1.54, 1.807) is 23.8 Å². The molecule has 0 spiro atoms. The van der Waals surface area contributed by atoms with Crippen molar-refractivity contribution in [2.45, 2.75) is 64.5 Å². The Morgan fingerprint density at radius 2 is 1.97 bits per heavy atom. The van der Waals surface area contributed by atoms with Gasteiger partial charge in [0.05, 0.1) is 23.6 Å². The van der Waals surface area contributed by atoms with E-state index in [-0.39, 0.29) is 29.9 Å². The fourth-order valence-electron chi connectivity index (χ4n) is 4.42. The third-order valence-corrected chi connectivity index (χ3v) is 7.17. The summed E-state index contributed by atoms with van der Waals surface area (Å²) in [5, 5.41) is 2.14. The maximum atomic E-state index is 14.0. The number of pyridine rings is 1. The Morgan fingerprint density at radius 1 is 1.17 bits per heavy atom. The Labute approximate surface area is 213 Å². The summed E-state index contributed by atoms with van der Waals surface area (Å²) in [4.78, 5) is 23.8. The Hall–Kier alpha value is -2.94. The van der Waals surface area contributed by atoms with Crippen LogP contribution in [0.4, 0.5) is 24.0 Å². The van der Waals surface area contributed by atoms with Gasteiger partial charge in [0.25, 0.3) is 0 Å². The van der Waals surface area contributed by atoms with Gasteiger partial charge in [-0.1, -0.05) is 39.0 Å². The second-order valence-corrected chi connectivity index (χ2v) is 9.84. The number of ether oxygens (including phenoxy) is 1. The molecule has 0 N–H and O–H groups in total. The fourth-order valence-corrected chi connectivity index (χ4v) is 5.27. The molecule has 5 nitrogen and oxygen atoms in total. The van der Waals surface area contributed by atoms with Crippen LogP contribution in [0.1, 0.15) is 63.9 Å². The minimum absolute atomic E-state index is 0.144. The molecule has 1 aliphatic rings. The Bertz CT molecular complexity index is 1140. The van der Waals surface area contributed by atoms with Crippen molar-refractivity contribution in [2.24, 2.45) is 5.92 Å². The van der Waals surface area contributed by atoms with Gasteiger partial charge in [-0.3, -0.25) is 14.7 Å². The average molecular weight is 518 g/mol.